The molecule has 2 bridgehead atoms. The second kappa shape index (κ2) is 8.72. The normalized spacial score (nSPS) is 20.0. The van der Waals surface area contributed by atoms with Gasteiger partial charge in [-0.2, -0.15) is 0 Å². The summed E-state index contributed by atoms with van der Waals surface area (Å²) in [5, 5.41) is 2.78. The fourth-order valence-electron chi connectivity index (χ4n) is 5.16. The van der Waals surface area contributed by atoms with Crippen molar-refractivity contribution in [3.63, 3.8) is 0 Å². The summed E-state index contributed by atoms with van der Waals surface area (Å²) >= 11 is 0. The Labute approximate surface area is 212 Å². The molecule has 0 aliphatic carbocycles. The van der Waals surface area contributed by atoms with Gasteiger partial charge in [-0.15, -0.1) is 0 Å². The molecule has 2 saturated heterocycles. The molecule has 0 spiro atoms. The number of anilines is 2. The first kappa shape index (κ1) is 22.7. The van der Waals surface area contributed by atoms with Crippen LogP contribution < -0.4 is 11.1 Å². The van der Waals surface area contributed by atoms with E-state index >= 15 is 0 Å². The molecule has 10 heteroatoms. The molecule has 0 radical (unpaired) electrons. The van der Waals surface area contributed by atoms with Crippen molar-refractivity contribution < 1.29 is 14.3 Å². The summed E-state index contributed by atoms with van der Waals surface area (Å²) in [5.74, 6) is 6.27. The minimum Gasteiger partial charge on any atom is -0.382 e. The molecule has 1 aromatic carbocycles. The van der Waals surface area contributed by atoms with Crippen LogP contribution in [0.2, 0.25) is 0 Å². The number of pyridine rings is 1. The Hall–Kier alpha value is -4.75. The van der Waals surface area contributed by atoms with E-state index in [-0.39, 0.29) is 17.9 Å². The summed E-state index contributed by atoms with van der Waals surface area (Å²) in [6, 6.07) is 12.4. The third-order valence-electron chi connectivity index (χ3n) is 6.83. The van der Waals surface area contributed by atoms with Crippen molar-refractivity contribution in [2.45, 2.75) is 25.0 Å². The van der Waals surface area contributed by atoms with Crippen molar-refractivity contribution in [3.05, 3.63) is 72.4 Å². The number of rotatable bonds is 4. The number of ether oxygens (including phenoxy) is 1. The molecular weight excluding hydrogens is 470 g/mol. The first-order valence-corrected chi connectivity index (χ1v) is 11.8. The van der Waals surface area contributed by atoms with Crippen molar-refractivity contribution in [1.29, 1.82) is 0 Å². The SMILES string of the molecule is CC#CC(=O)N1CC2CC1(c1nc(-c3ccc(C(=O)Nc4ccccn4)cc3)c3c(N)nccn13)CO2. The number of fused-ring (bicyclic) bond motifs is 3. The number of imidazole rings is 1. The fraction of sp³-hybridized carbons (Fsp3) is 0.222. The molecule has 2 unspecified atom stereocenters. The Balaban J connectivity index is 1.41. The van der Waals surface area contributed by atoms with Crippen molar-refractivity contribution in [3.8, 4) is 23.1 Å². The maximum Gasteiger partial charge on any atom is 0.299 e. The van der Waals surface area contributed by atoms with Gasteiger partial charge >= 0.3 is 0 Å². The second-order valence-electron chi connectivity index (χ2n) is 9.02. The average molecular weight is 494 g/mol. The first-order valence-electron chi connectivity index (χ1n) is 11.8. The summed E-state index contributed by atoms with van der Waals surface area (Å²) in [5.41, 5.74) is 8.03. The van der Waals surface area contributed by atoms with Gasteiger partial charge in [-0.05, 0) is 37.1 Å². The number of hydrogen-bond donors (Lipinski definition) is 2. The molecule has 2 aliphatic rings. The van der Waals surface area contributed by atoms with Gasteiger partial charge < -0.3 is 20.7 Å². The zero-order valence-electron chi connectivity index (χ0n) is 20.0. The van der Waals surface area contributed by atoms with E-state index < -0.39 is 5.54 Å². The highest BCUT2D eigenvalue weighted by atomic mass is 16.5. The lowest BCUT2D eigenvalue weighted by Crippen LogP contribution is -2.50. The van der Waals surface area contributed by atoms with Crippen LogP contribution >= 0.6 is 0 Å². The number of nitrogens with one attached hydrogen (secondary N) is 1. The van der Waals surface area contributed by atoms with E-state index in [0.29, 0.717) is 53.8 Å². The summed E-state index contributed by atoms with van der Waals surface area (Å²) in [4.78, 5) is 40.8. The van der Waals surface area contributed by atoms with Crippen LogP contribution in [0.15, 0.2) is 61.1 Å². The van der Waals surface area contributed by atoms with Gasteiger partial charge in [0, 0.05) is 42.7 Å². The summed E-state index contributed by atoms with van der Waals surface area (Å²) in [6.07, 6.45) is 5.57. The van der Waals surface area contributed by atoms with Crippen LogP contribution in [0.5, 0.6) is 0 Å². The largest absolute Gasteiger partial charge is 0.382 e. The number of aromatic nitrogens is 4. The smallest absolute Gasteiger partial charge is 0.299 e. The summed E-state index contributed by atoms with van der Waals surface area (Å²) in [7, 11) is 0. The number of carbonyl (C=O) groups excluding carboxylic acids is 2. The molecule has 2 atom stereocenters. The number of nitrogen functional groups attached to an aromatic ring is 1. The molecular formula is C27H23N7O3. The van der Waals surface area contributed by atoms with E-state index in [0.717, 1.165) is 5.56 Å². The maximum atomic E-state index is 12.9. The van der Waals surface area contributed by atoms with Gasteiger partial charge in [0.25, 0.3) is 11.8 Å². The predicted molar refractivity (Wildman–Crippen MR) is 136 cm³/mol. The lowest BCUT2D eigenvalue weighted by molar-refractivity contribution is -0.135. The zero-order valence-corrected chi connectivity index (χ0v) is 20.0. The molecule has 2 fully saturated rings. The molecule has 2 amide bonds. The van der Waals surface area contributed by atoms with E-state index in [1.807, 2.05) is 16.5 Å². The highest BCUT2D eigenvalue weighted by Crippen LogP contribution is 2.46. The fourth-order valence-corrected chi connectivity index (χ4v) is 5.16. The van der Waals surface area contributed by atoms with Crippen molar-refractivity contribution in [2.24, 2.45) is 0 Å². The number of amides is 2. The molecule has 3 N–H and O–H groups in total. The molecule has 184 valence electrons. The van der Waals surface area contributed by atoms with Crippen LogP contribution in [0, 0.1) is 11.8 Å². The van der Waals surface area contributed by atoms with Crippen LogP contribution in [0.4, 0.5) is 11.6 Å². The molecule has 2 aliphatic heterocycles. The Bertz CT molecular complexity index is 1590. The topological polar surface area (TPSA) is 128 Å². The third kappa shape index (κ3) is 3.68. The lowest BCUT2D eigenvalue weighted by atomic mass is 9.97. The minimum atomic E-state index is -0.761. The lowest BCUT2D eigenvalue weighted by Gasteiger charge is -2.35. The number of likely N-dealkylation sites (tertiary alicyclic amines) is 1. The molecule has 10 nitrogen and oxygen atoms in total. The standard InChI is InChI=1S/C27H23N7O3/c1-2-5-21(35)34-15-19-14-27(34,16-37-19)26-32-22(23-24(28)30-12-13-33(23)26)17-7-9-18(10-8-17)25(36)31-20-6-3-4-11-29-20/h3-4,6-13,19H,14-16H2,1H3,(H2,28,30)(H,29,31,36). The van der Waals surface area contributed by atoms with Gasteiger partial charge in [0.15, 0.2) is 0 Å². The van der Waals surface area contributed by atoms with Gasteiger partial charge in [0.2, 0.25) is 0 Å². The number of nitrogens with two attached hydrogens (primary N) is 1. The van der Waals surface area contributed by atoms with Crippen molar-refractivity contribution in [1.82, 2.24) is 24.3 Å². The van der Waals surface area contributed by atoms with E-state index in [1.165, 1.54) is 0 Å². The van der Waals surface area contributed by atoms with Crippen molar-refractivity contribution in [2.75, 3.05) is 24.2 Å². The van der Waals surface area contributed by atoms with E-state index in [2.05, 4.69) is 27.1 Å². The van der Waals surface area contributed by atoms with Gasteiger partial charge in [-0.25, -0.2) is 15.0 Å². The van der Waals surface area contributed by atoms with Crippen LogP contribution in [0.25, 0.3) is 16.8 Å². The predicted octanol–water partition coefficient (Wildman–Crippen LogP) is 2.48. The van der Waals surface area contributed by atoms with Gasteiger partial charge in [0.1, 0.15) is 34.2 Å². The van der Waals surface area contributed by atoms with Crippen LogP contribution in [0.3, 0.4) is 0 Å². The molecule has 6 rings (SSSR count). The van der Waals surface area contributed by atoms with Gasteiger partial charge in [-0.1, -0.05) is 24.1 Å². The van der Waals surface area contributed by atoms with Crippen LogP contribution in [0.1, 0.15) is 29.5 Å². The van der Waals surface area contributed by atoms with E-state index in [9.17, 15) is 9.59 Å². The number of nitrogens with zero attached hydrogens (tertiary/aromatic N) is 5. The first-order chi connectivity index (χ1) is 18.0. The van der Waals surface area contributed by atoms with E-state index in [4.69, 9.17) is 15.5 Å². The van der Waals surface area contributed by atoms with Crippen molar-refractivity contribution >= 4 is 29.0 Å². The van der Waals surface area contributed by atoms with E-state index in [1.54, 1.807) is 60.7 Å². The van der Waals surface area contributed by atoms with Crippen LogP contribution in [-0.4, -0.2) is 55.3 Å². The highest BCUT2D eigenvalue weighted by Gasteiger charge is 2.57. The Morgan fingerprint density at radius 3 is 2.73 bits per heavy atom. The molecule has 4 aromatic rings. The number of hydrogen-bond acceptors (Lipinski definition) is 7. The summed E-state index contributed by atoms with van der Waals surface area (Å²) in [6.45, 7) is 2.42. The molecule has 37 heavy (non-hydrogen) atoms. The number of benzene rings is 1. The zero-order chi connectivity index (χ0) is 25.6. The highest BCUT2D eigenvalue weighted by molar-refractivity contribution is 6.04. The second-order valence-corrected chi connectivity index (χ2v) is 9.02. The number of morpholine rings is 1. The Morgan fingerprint density at radius 2 is 2.00 bits per heavy atom. The minimum absolute atomic E-state index is 0.0745. The molecule has 5 heterocycles. The Morgan fingerprint density at radius 1 is 1.16 bits per heavy atom. The Kier molecular flexibility index (Phi) is 5.35. The molecule has 0 saturated carbocycles. The monoisotopic (exact) mass is 493 g/mol. The molecule has 3 aromatic heterocycles. The van der Waals surface area contributed by atoms with Gasteiger partial charge in [-0.3, -0.25) is 14.0 Å². The third-order valence-corrected chi connectivity index (χ3v) is 6.83. The van der Waals surface area contributed by atoms with Crippen LogP contribution in [-0.2, 0) is 15.1 Å². The quantitative estimate of drug-likeness (QED) is 0.418. The van der Waals surface area contributed by atoms with Gasteiger partial charge in [0.05, 0.1) is 12.7 Å². The average Bonchev–Trinajstić information content (AvgIpc) is 3.62. The maximum absolute atomic E-state index is 12.9. The number of carbonyl (C=O) groups is 2. The summed E-state index contributed by atoms with van der Waals surface area (Å²) < 4.78 is 7.85.